The summed E-state index contributed by atoms with van der Waals surface area (Å²) in [6, 6.07) is 9.05. The summed E-state index contributed by atoms with van der Waals surface area (Å²) in [5.41, 5.74) is 1.52. The molecule has 1 aliphatic rings. The summed E-state index contributed by atoms with van der Waals surface area (Å²) in [4.78, 5) is 16.1. The SMILES string of the molecule is O=C(NS(=O)(=O)c1nc(CC2CCCCC2)c(Br)s1)OCc1ccccc1. The first-order chi connectivity index (χ1) is 12.9. The zero-order valence-corrected chi connectivity index (χ0v) is 17.9. The first-order valence-electron chi connectivity index (χ1n) is 8.83. The fraction of sp³-hybridized carbons (Fsp3) is 0.444. The molecule has 146 valence electrons. The number of nitrogens with one attached hydrogen (secondary N) is 1. The Bertz CT molecular complexity index is 878. The van der Waals surface area contributed by atoms with Crippen LogP contribution in [0.2, 0.25) is 0 Å². The van der Waals surface area contributed by atoms with Crippen molar-refractivity contribution in [1.29, 1.82) is 0 Å². The summed E-state index contributed by atoms with van der Waals surface area (Å²) < 4.78 is 32.3. The van der Waals surface area contributed by atoms with Crippen LogP contribution >= 0.6 is 27.3 Å². The monoisotopic (exact) mass is 472 g/mol. The van der Waals surface area contributed by atoms with E-state index in [2.05, 4.69) is 20.9 Å². The first-order valence-corrected chi connectivity index (χ1v) is 11.9. The van der Waals surface area contributed by atoms with Crippen LogP contribution < -0.4 is 4.72 Å². The highest BCUT2D eigenvalue weighted by Gasteiger charge is 2.26. The summed E-state index contributed by atoms with van der Waals surface area (Å²) in [7, 11) is -4.05. The van der Waals surface area contributed by atoms with E-state index in [0.29, 0.717) is 9.70 Å². The van der Waals surface area contributed by atoms with Crippen molar-refractivity contribution in [2.24, 2.45) is 5.92 Å². The molecule has 1 aliphatic carbocycles. The Morgan fingerprint density at radius 1 is 1.22 bits per heavy atom. The second-order valence-corrected chi connectivity index (χ2v) is 10.7. The van der Waals surface area contributed by atoms with E-state index in [1.54, 1.807) is 12.1 Å². The van der Waals surface area contributed by atoms with Crippen molar-refractivity contribution in [2.75, 3.05) is 0 Å². The van der Waals surface area contributed by atoms with Crippen LogP contribution in [-0.4, -0.2) is 19.5 Å². The molecular weight excluding hydrogens is 452 g/mol. The predicted molar refractivity (Wildman–Crippen MR) is 107 cm³/mol. The van der Waals surface area contributed by atoms with Gasteiger partial charge in [-0.2, -0.15) is 8.42 Å². The number of sulfonamides is 1. The molecule has 27 heavy (non-hydrogen) atoms. The Balaban J connectivity index is 1.60. The van der Waals surface area contributed by atoms with Gasteiger partial charge >= 0.3 is 6.09 Å². The summed E-state index contributed by atoms with van der Waals surface area (Å²) in [6.45, 7) is -0.00329. The van der Waals surface area contributed by atoms with E-state index in [-0.39, 0.29) is 10.9 Å². The Morgan fingerprint density at radius 2 is 1.93 bits per heavy atom. The lowest BCUT2D eigenvalue weighted by Crippen LogP contribution is -2.31. The Labute approximate surface area is 171 Å². The van der Waals surface area contributed by atoms with E-state index in [4.69, 9.17) is 4.74 Å². The van der Waals surface area contributed by atoms with Crippen LogP contribution in [0.4, 0.5) is 4.79 Å². The molecule has 0 bridgehead atoms. The number of nitrogens with zero attached hydrogens (tertiary/aromatic N) is 1. The van der Waals surface area contributed by atoms with E-state index in [9.17, 15) is 13.2 Å². The number of thiazole rings is 1. The molecule has 1 N–H and O–H groups in total. The molecule has 3 rings (SSSR count). The number of halogens is 1. The number of ether oxygens (including phenoxy) is 1. The van der Waals surface area contributed by atoms with Crippen LogP contribution in [0, 0.1) is 5.92 Å². The van der Waals surface area contributed by atoms with E-state index < -0.39 is 16.1 Å². The number of hydrogen-bond donors (Lipinski definition) is 1. The van der Waals surface area contributed by atoms with Crippen LogP contribution in [0.1, 0.15) is 43.4 Å². The van der Waals surface area contributed by atoms with Gasteiger partial charge in [-0.3, -0.25) is 0 Å². The molecule has 1 heterocycles. The molecule has 0 radical (unpaired) electrons. The quantitative estimate of drug-likeness (QED) is 0.661. The maximum Gasteiger partial charge on any atom is 0.421 e. The van der Waals surface area contributed by atoms with Gasteiger partial charge in [-0.15, -0.1) is 0 Å². The third kappa shape index (κ3) is 5.76. The van der Waals surface area contributed by atoms with Gasteiger partial charge in [0.2, 0.25) is 4.34 Å². The molecule has 9 heteroatoms. The highest BCUT2D eigenvalue weighted by atomic mass is 79.9. The summed E-state index contributed by atoms with van der Waals surface area (Å²) in [5.74, 6) is 0.538. The van der Waals surface area contributed by atoms with Gasteiger partial charge < -0.3 is 4.74 Å². The lowest BCUT2D eigenvalue weighted by atomic mass is 9.86. The van der Waals surface area contributed by atoms with Gasteiger partial charge in [0, 0.05) is 0 Å². The fourth-order valence-corrected chi connectivity index (χ4v) is 6.12. The summed E-state index contributed by atoms with van der Waals surface area (Å²) in [5, 5.41) is 0. The number of rotatable bonds is 6. The maximum atomic E-state index is 12.4. The van der Waals surface area contributed by atoms with Crippen molar-refractivity contribution >= 4 is 43.4 Å². The molecule has 0 spiro atoms. The average molecular weight is 473 g/mol. The van der Waals surface area contributed by atoms with Crippen LogP contribution in [0.5, 0.6) is 0 Å². The Hall–Kier alpha value is -1.45. The van der Waals surface area contributed by atoms with Gasteiger partial charge in [-0.05, 0) is 33.8 Å². The van der Waals surface area contributed by atoms with Crippen molar-refractivity contribution in [3.05, 3.63) is 45.4 Å². The second-order valence-electron chi connectivity index (χ2n) is 6.58. The number of benzene rings is 1. The molecular formula is C18H21BrN2O4S2. The minimum Gasteiger partial charge on any atom is -0.444 e. The molecule has 0 atom stereocenters. The predicted octanol–water partition coefficient (Wildman–Crippen LogP) is 4.64. The zero-order chi connectivity index (χ0) is 19.3. The molecule has 1 fully saturated rings. The molecule has 0 saturated heterocycles. The molecule has 1 amide bonds. The third-order valence-electron chi connectivity index (χ3n) is 4.50. The maximum absolute atomic E-state index is 12.4. The van der Waals surface area contributed by atoms with Crippen molar-refractivity contribution < 1.29 is 17.9 Å². The highest BCUT2D eigenvalue weighted by Crippen LogP contribution is 2.33. The number of aromatic nitrogens is 1. The van der Waals surface area contributed by atoms with Gasteiger partial charge in [0.15, 0.2) is 0 Å². The van der Waals surface area contributed by atoms with E-state index >= 15 is 0 Å². The molecule has 0 aliphatic heterocycles. The van der Waals surface area contributed by atoms with Gasteiger partial charge in [-0.1, -0.05) is 73.8 Å². The number of carbonyl (C=O) groups excluding carboxylic acids is 1. The average Bonchev–Trinajstić information content (AvgIpc) is 3.03. The summed E-state index contributed by atoms with van der Waals surface area (Å²) >= 11 is 4.43. The molecule has 6 nitrogen and oxygen atoms in total. The minimum atomic E-state index is -4.05. The largest absolute Gasteiger partial charge is 0.444 e. The highest BCUT2D eigenvalue weighted by molar-refractivity contribution is 9.11. The van der Waals surface area contributed by atoms with Gasteiger partial charge in [-0.25, -0.2) is 14.5 Å². The van der Waals surface area contributed by atoms with Crippen molar-refractivity contribution in [3.63, 3.8) is 0 Å². The fourth-order valence-electron chi connectivity index (χ4n) is 3.12. The van der Waals surface area contributed by atoms with Gasteiger partial charge in [0.25, 0.3) is 10.0 Å². The molecule has 1 saturated carbocycles. The third-order valence-corrected chi connectivity index (χ3v) is 8.02. The number of amides is 1. The number of hydrogen-bond acceptors (Lipinski definition) is 6. The molecule has 2 aromatic rings. The molecule has 0 unspecified atom stereocenters. The van der Waals surface area contributed by atoms with Crippen molar-refractivity contribution in [3.8, 4) is 0 Å². The number of carbonyl (C=O) groups is 1. The van der Waals surface area contributed by atoms with Crippen LogP contribution in [0.15, 0.2) is 38.5 Å². The van der Waals surface area contributed by atoms with Crippen molar-refractivity contribution in [1.82, 2.24) is 9.71 Å². The second kappa shape index (κ2) is 9.16. The summed E-state index contributed by atoms with van der Waals surface area (Å²) in [6.07, 6.45) is 5.73. The van der Waals surface area contributed by atoms with E-state index in [1.807, 2.05) is 22.9 Å². The standard InChI is InChI=1S/C18H21BrN2O4S2/c19-16-15(11-13-7-3-1-4-8-13)20-18(26-16)27(23,24)21-17(22)25-12-14-9-5-2-6-10-14/h2,5-6,9-10,13H,1,3-4,7-8,11-12H2,(H,21,22). The van der Waals surface area contributed by atoms with E-state index in [1.165, 1.54) is 19.3 Å². The van der Waals surface area contributed by atoms with Crippen LogP contribution in [0.3, 0.4) is 0 Å². The van der Waals surface area contributed by atoms with Gasteiger partial charge in [0.05, 0.1) is 9.48 Å². The van der Waals surface area contributed by atoms with Crippen LogP contribution in [0.25, 0.3) is 0 Å². The topological polar surface area (TPSA) is 85.4 Å². The minimum absolute atomic E-state index is 0.00329. The van der Waals surface area contributed by atoms with Crippen LogP contribution in [-0.2, 0) is 27.8 Å². The van der Waals surface area contributed by atoms with Crippen molar-refractivity contribution in [2.45, 2.75) is 49.5 Å². The Kier molecular flexibility index (Phi) is 6.88. The molecule has 1 aromatic carbocycles. The van der Waals surface area contributed by atoms with Gasteiger partial charge in [0.1, 0.15) is 6.61 Å². The lowest BCUT2D eigenvalue weighted by molar-refractivity contribution is 0.146. The Morgan fingerprint density at radius 3 is 2.63 bits per heavy atom. The first kappa shape index (κ1) is 20.3. The lowest BCUT2D eigenvalue weighted by Gasteiger charge is -2.20. The molecule has 1 aromatic heterocycles. The zero-order valence-electron chi connectivity index (χ0n) is 14.7. The smallest absolute Gasteiger partial charge is 0.421 e. The normalized spacial score (nSPS) is 15.4. The van der Waals surface area contributed by atoms with E-state index in [0.717, 1.165) is 41.9 Å².